The van der Waals surface area contributed by atoms with Gasteiger partial charge < -0.3 is 5.32 Å². The van der Waals surface area contributed by atoms with Gasteiger partial charge >= 0.3 is 0 Å². The van der Waals surface area contributed by atoms with Crippen molar-refractivity contribution in [3.63, 3.8) is 0 Å². The van der Waals surface area contributed by atoms with Crippen molar-refractivity contribution < 1.29 is 26.0 Å². The van der Waals surface area contributed by atoms with Crippen LogP contribution in [0.1, 0.15) is 31.9 Å². The van der Waals surface area contributed by atoms with Gasteiger partial charge in [0, 0.05) is 6.26 Å². The van der Waals surface area contributed by atoms with Crippen molar-refractivity contribution in [1.29, 1.82) is 0 Å². The Labute approximate surface area is 176 Å². The van der Waals surface area contributed by atoms with Crippen LogP contribution in [0.3, 0.4) is 0 Å². The van der Waals surface area contributed by atoms with E-state index in [1.165, 1.54) is 30.3 Å². The van der Waals surface area contributed by atoms with E-state index in [0.29, 0.717) is 5.56 Å². The maximum atomic E-state index is 14.3. The fraction of sp³-hybridized carbons (Fsp3) is 0.350. The molecule has 30 heavy (non-hydrogen) atoms. The van der Waals surface area contributed by atoms with E-state index in [4.69, 9.17) is 0 Å². The monoisotopic (exact) mass is 456 g/mol. The number of carbonyl (C=O) groups excluding carboxylic acids is 1. The number of hydrogen-bond donors (Lipinski definition) is 1. The van der Waals surface area contributed by atoms with Gasteiger partial charge in [0.2, 0.25) is 15.9 Å². The first-order valence-electron chi connectivity index (χ1n) is 9.20. The zero-order chi connectivity index (χ0) is 22.7. The van der Waals surface area contributed by atoms with Crippen LogP contribution in [-0.4, -0.2) is 41.3 Å². The van der Waals surface area contributed by atoms with E-state index in [2.05, 4.69) is 5.32 Å². The highest BCUT2D eigenvalue weighted by Gasteiger charge is 2.33. The van der Waals surface area contributed by atoms with Crippen LogP contribution in [0.15, 0.2) is 53.4 Å². The lowest BCUT2D eigenvalue weighted by molar-refractivity contribution is -0.122. The number of carbonyl (C=O) groups is 1. The van der Waals surface area contributed by atoms with Gasteiger partial charge in [-0.2, -0.15) is 0 Å². The number of para-hydroxylation sites is 1. The summed E-state index contributed by atoms with van der Waals surface area (Å²) >= 11 is 0. The van der Waals surface area contributed by atoms with Crippen LogP contribution in [0.2, 0.25) is 0 Å². The van der Waals surface area contributed by atoms with E-state index < -0.39 is 43.7 Å². The molecule has 2 aromatic carbocycles. The Balaban J connectivity index is 2.31. The van der Waals surface area contributed by atoms with Crippen molar-refractivity contribution in [3.05, 3.63) is 59.9 Å². The molecule has 164 valence electrons. The lowest BCUT2D eigenvalue weighted by Gasteiger charge is -2.31. The van der Waals surface area contributed by atoms with E-state index in [0.717, 1.165) is 22.9 Å². The van der Waals surface area contributed by atoms with E-state index in [1.807, 2.05) is 0 Å². The zero-order valence-corrected chi connectivity index (χ0v) is 18.8. The normalized spacial score (nSPS) is 14.0. The number of hydrogen-bond acceptors (Lipinski definition) is 5. The van der Waals surface area contributed by atoms with Crippen LogP contribution in [0.4, 0.5) is 10.1 Å². The van der Waals surface area contributed by atoms with Gasteiger partial charge in [-0.1, -0.05) is 31.2 Å². The van der Waals surface area contributed by atoms with E-state index in [9.17, 15) is 26.0 Å². The number of halogens is 1. The Morgan fingerprint density at radius 1 is 1.03 bits per heavy atom. The van der Waals surface area contributed by atoms with Crippen molar-refractivity contribution in [2.75, 3.05) is 16.8 Å². The number of nitrogens with zero attached hydrogens (tertiary/aromatic N) is 1. The molecule has 2 atom stereocenters. The van der Waals surface area contributed by atoms with Gasteiger partial charge in [-0.05, 0) is 43.2 Å². The molecular formula is C20H25FN2O5S2. The Kier molecular flexibility index (Phi) is 7.25. The minimum Gasteiger partial charge on any atom is -0.348 e. The molecule has 0 heterocycles. The summed E-state index contributed by atoms with van der Waals surface area (Å²) in [5.41, 5.74) is 0.439. The van der Waals surface area contributed by atoms with Gasteiger partial charge in [-0.25, -0.2) is 21.2 Å². The fourth-order valence-corrected chi connectivity index (χ4v) is 4.91. The fourth-order valence-electron chi connectivity index (χ4n) is 3.06. The number of sulfone groups is 1. The smallest absolute Gasteiger partial charge is 0.244 e. The van der Waals surface area contributed by atoms with Crippen LogP contribution in [0, 0.1) is 5.82 Å². The zero-order valence-electron chi connectivity index (χ0n) is 17.2. The lowest BCUT2D eigenvalue weighted by Crippen LogP contribution is -2.50. The van der Waals surface area contributed by atoms with Crippen LogP contribution >= 0.6 is 0 Å². The first kappa shape index (κ1) is 23.8. The Hall–Kier alpha value is -2.46. The number of amides is 1. The third-order valence-corrected chi connectivity index (χ3v) is 6.88. The summed E-state index contributed by atoms with van der Waals surface area (Å²) in [6, 6.07) is 9.71. The average Bonchev–Trinajstić information content (AvgIpc) is 2.65. The van der Waals surface area contributed by atoms with Gasteiger partial charge in [0.1, 0.15) is 11.9 Å². The standard InChI is InChI=1S/C20H25FN2O5S2/c1-5-18(23(30(4,27)28)19-9-7-6-8-17(19)21)20(24)22-14(2)15-10-12-16(13-11-15)29(3,25)26/h6-14,18H,5H2,1-4H3,(H,22,24)/t14-,18+/m1/s1. The van der Waals surface area contributed by atoms with Crippen molar-refractivity contribution in [1.82, 2.24) is 5.32 Å². The highest BCUT2D eigenvalue weighted by atomic mass is 32.2. The van der Waals surface area contributed by atoms with Crippen molar-refractivity contribution in [3.8, 4) is 0 Å². The topological polar surface area (TPSA) is 101 Å². The van der Waals surface area contributed by atoms with Crippen molar-refractivity contribution in [2.24, 2.45) is 0 Å². The largest absolute Gasteiger partial charge is 0.348 e. The van der Waals surface area contributed by atoms with E-state index >= 15 is 0 Å². The van der Waals surface area contributed by atoms with Crippen molar-refractivity contribution in [2.45, 2.75) is 37.2 Å². The molecule has 1 amide bonds. The Bertz CT molecular complexity index is 1120. The molecule has 0 unspecified atom stereocenters. The highest BCUT2D eigenvalue weighted by molar-refractivity contribution is 7.92. The van der Waals surface area contributed by atoms with E-state index in [1.54, 1.807) is 26.0 Å². The summed E-state index contributed by atoms with van der Waals surface area (Å²) in [6.07, 6.45) is 2.14. The summed E-state index contributed by atoms with van der Waals surface area (Å²) in [4.78, 5) is 13.1. The predicted molar refractivity (Wildman–Crippen MR) is 114 cm³/mol. The molecule has 0 aliphatic rings. The number of rotatable bonds is 8. The quantitative estimate of drug-likeness (QED) is 0.658. The molecule has 0 saturated carbocycles. The maximum Gasteiger partial charge on any atom is 0.244 e. The molecule has 0 spiro atoms. The SMILES string of the molecule is CC[C@@H](C(=O)N[C@H](C)c1ccc(S(C)(=O)=O)cc1)N(c1ccccc1F)S(C)(=O)=O. The molecule has 0 aliphatic carbocycles. The first-order valence-corrected chi connectivity index (χ1v) is 12.9. The van der Waals surface area contributed by atoms with Crippen LogP contribution in [0.5, 0.6) is 0 Å². The summed E-state index contributed by atoms with van der Waals surface area (Å²) in [5, 5.41) is 2.73. The Morgan fingerprint density at radius 2 is 1.60 bits per heavy atom. The minimum absolute atomic E-state index is 0.118. The molecule has 0 aromatic heterocycles. The number of nitrogens with one attached hydrogen (secondary N) is 1. The van der Waals surface area contributed by atoms with Gasteiger partial charge in [0.25, 0.3) is 0 Å². The maximum absolute atomic E-state index is 14.3. The molecule has 1 N–H and O–H groups in total. The number of benzene rings is 2. The van der Waals surface area contributed by atoms with Crippen LogP contribution < -0.4 is 9.62 Å². The third kappa shape index (κ3) is 5.57. The molecule has 0 radical (unpaired) electrons. The summed E-state index contributed by atoms with van der Waals surface area (Å²) in [7, 11) is -7.30. The molecule has 2 aromatic rings. The molecule has 2 rings (SSSR count). The second kappa shape index (κ2) is 9.13. The third-order valence-electron chi connectivity index (χ3n) is 4.59. The summed E-state index contributed by atoms with van der Waals surface area (Å²) < 4.78 is 63.1. The predicted octanol–water partition coefficient (Wildman–Crippen LogP) is 2.65. The summed E-state index contributed by atoms with van der Waals surface area (Å²) in [5.74, 6) is -1.34. The molecule has 0 aliphatic heterocycles. The minimum atomic E-state index is -3.95. The number of anilines is 1. The van der Waals surface area contributed by atoms with Crippen LogP contribution in [-0.2, 0) is 24.7 Å². The van der Waals surface area contributed by atoms with Gasteiger partial charge in [0.15, 0.2) is 9.84 Å². The molecular weight excluding hydrogens is 431 g/mol. The molecule has 0 bridgehead atoms. The van der Waals surface area contributed by atoms with Gasteiger partial charge in [-0.3, -0.25) is 9.10 Å². The summed E-state index contributed by atoms with van der Waals surface area (Å²) in [6.45, 7) is 3.32. The highest BCUT2D eigenvalue weighted by Crippen LogP contribution is 2.26. The van der Waals surface area contributed by atoms with Gasteiger partial charge in [-0.15, -0.1) is 0 Å². The van der Waals surface area contributed by atoms with E-state index in [-0.39, 0.29) is 17.0 Å². The second-order valence-electron chi connectivity index (χ2n) is 7.01. The molecule has 0 fully saturated rings. The molecule has 10 heteroatoms. The lowest BCUT2D eigenvalue weighted by atomic mass is 10.1. The average molecular weight is 457 g/mol. The van der Waals surface area contributed by atoms with Gasteiger partial charge in [0.05, 0.1) is 22.9 Å². The molecule has 0 saturated heterocycles. The van der Waals surface area contributed by atoms with Crippen LogP contribution in [0.25, 0.3) is 0 Å². The molecule has 7 nitrogen and oxygen atoms in total. The van der Waals surface area contributed by atoms with Crippen molar-refractivity contribution >= 4 is 31.5 Å². The second-order valence-corrected chi connectivity index (χ2v) is 10.9. The Morgan fingerprint density at radius 3 is 2.07 bits per heavy atom. The number of sulfonamides is 1. The first-order chi connectivity index (χ1) is 13.9.